The van der Waals surface area contributed by atoms with Crippen LogP contribution in [-0.2, 0) is 0 Å². The maximum atomic E-state index is 12.5. The van der Waals surface area contributed by atoms with E-state index >= 15 is 0 Å². The van der Waals surface area contributed by atoms with Gasteiger partial charge in [-0.3, -0.25) is 9.78 Å². The quantitative estimate of drug-likeness (QED) is 0.516. The van der Waals surface area contributed by atoms with Gasteiger partial charge in [-0.1, -0.05) is 32.9 Å². The zero-order chi connectivity index (χ0) is 23.4. The van der Waals surface area contributed by atoms with Gasteiger partial charge in [-0.05, 0) is 49.3 Å². The van der Waals surface area contributed by atoms with Crippen LogP contribution in [0.2, 0.25) is 0 Å². The fourth-order valence-electron chi connectivity index (χ4n) is 4.39. The minimum Gasteiger partial charge on any atom is -0.360 e. The largest absolute Gasteiger partial charge is 0.360 e. The standard InChI is InChI=1S/C26H33N5O2/c1-16(2)23-13-22(31-33-23)26(32)29-14-18-5-7-20(8-6-18)24-21(19-9-11-27-12-10-19)15-28-25(30-24)17(3)4/h9-13,15-18,20H,5-8,14H2,1-4H3,(H,29,32). The summed E-state index contributed by atoms with van der Waals surface area (Å²) in [5.41, 5.74) is 3.71. The van der Waals surface area contributed by atoms with Gasteiger partial charge in [0.2, 0.25) is 0 Å². The van der Waals surface area contributed by atoms with Gasteiger partial charge in [-0.15, -0.1) is 0 Å². The van der Waals surface area contributed by atoms with Crippen molar-refractivity contribution in [3.8, 4) is 11.1 Å². The second-order valence-electron chi connectivity index (χ2n) is 9.61. The molecule has 33 heavy (non-hydrogen) atoms. The van der Waals surface area contributed by atoms with Crippen LogP contribution in [0.25, 0.3) is 11.1 Å². The molecule has 3 aromatic heterocycles. The van der Waals surface area contributed by atoms with E-state index in [1.54, 1.807) is 6.07 Å². The molecule has 0 bridgehead atoms. The van der Waals surface area contributed by atoms with E-state index in [-0.39, 0.29) is 17.7 Å². The Hall–Kier alpha value is -3.09. The summed E-state index contributed by atoms with van der Waals surface area (Å²) in [7, 11) is 0. The van der Waals surface area contributed by atoms with Gasteiger partial charge in [0.15, 0.2) is 5.69 Å². The Bertz CT molecular complexity index is 1070. The number of nitrogens with one attached hydrogen (secondary N) is 1. The van der Waals surface area contributed by atoms with Gasteiger partial charge in [-0.25, -0.2) is 9.97 Å². The zero-order valence-electron chi connectivity index (χ0n) is 19.9. The summed E-state index contributed by atoms with van der Waals surface area (Å²) < 4.78 is 5.25. The molecule has 0 aliphatic heterocycles. The fourth-order valence-corrected chi connectivity index (χ4v) is 4.39. The molecule has 0 radical (unpaired) electrons. The molecular weight excluding hydrogens is 414 g/mol. The molecule has 1 N–H and O–H groups in total. The van der Waals surface area contributed by atoms with Crippen molar-refractivity contribution in [2.45, 2.75) is 71.1 Å². The van der Waals surface area contributed by atoms with Gasteiger partial charge in [0, 0.05) is 54.5 Å². The van der Waals surface area contributed by atoms with Crippen LogP contribution in [0, 0.1) is 5.92 Å². The summed E-state index contributed by atoms with van der Waals surface area (Å²) in [5.74, 6) is 2.81. The Morgan fingerprint density at radius 1 is 1.09 bits per heavy atom. The number of amides is 1. The molecule has 7 nitrogen and oxygen atoms in total. The Labute approximate surface area is 195 Å². The van der Waals surface area contributed by atoms with Gasteiger partial charge >= 0.3 is 0 Å². The number of carbonyl (C=O) groups is 1. The Morgan fingerprint density at radius 2 is 1.82 bits per heavy atom. The summed E-state index contributed by atoms with van der Waals surface area (Å²) in [6, 6.07) is 5.78. The van der Waals surface area contributed by atoms with Crippen LogP contribution in [0.1, 0.15) is 98.9 Å². The van der Waals surface area contributed by atoms with E-state index in [9.17, 15) is 4.79 Å². The molecule has 1 amide bonds. The van der Waals surface area contributed by atoms with Crippen LogP contribution in [0.15, 0.2) is 41.3 Å². The van der Waals surface area contributed by atoms with E-state index in [0.717, 1.165) is 54.1 Å². The Kier molecular flexibility index (Phi) is 7.16. The van der Waals surface area contributed by atoms with E-state index in [0.29, 0.717) is 24.1 Å². The predicted molar refractivity (Wildman–Crippen MR) is 127 cm³/mol. The van der Waals surface area contributed by atoms with Crippen molar-refractivity contribution in [2.75, 3.05) is 6.54 Å². The van der Waals surface area contributed by atoms with Crippen LogP contribution in [-0.4, -0.2) is 32.6 Å². The second kappa shape index (κ2) is 10.2. The maximum absolute atomic E-state index is 12.5. The topological polar surface area (TPSA) is 93.8 Å². The van der Waals surface area contributed by atoms with Gasteiger partial charge in [-0.2, -0.15) is 0 Å². The number of hydrogen-bond acceptors (Lipinski definition) is 6. The number of pyridine rings is 1. The number of aromatic nitrogens is 4. The van der Waals surface area contributed by atoms with Crippen LogP contribution < -0.4 is 5.32 Å². The summed E-state index contributed by atoms with van der Waals surface area (Å²) in [4.78, 5) is 26.2. The third-order valence-electron chi connectivity index (χ3n) is 6.46. The van der Waals surface area contributed by atoms with Crippen molar-refractivity contribution in [3.63, 3.8) is 0 Å². The SMILES string of the molecule is CC(C)c1ncc(-c2ccncc2)c(C2CCC(CNC(=O)c3cc(C(C)C)on3)CC2)n1. The first-order chi connectivity index (χ1) is 15.9. The zero-order valence-corrected chi connectivity index (χ0v) is 19.9. The van der Waals surface area contributed by atoms with Gasteiger partial charge < -0.3 is 9.84 Å². The molecule has 0 aromatic carbocycles. The number of hydrogen-bond donors (Lipinski definition) is 1. The molecule has 7 heteroatoms. The number of nitrogens with zero attached hydrogens (tertiary/aromatic N) is 4. The summed E-state index contributed by atoms with van der Waals surface area (Å²) >= 11 is 0. The molecule has 1 saturated carbocycles. The van der Waals surface area contributed by atoms with Crippen LogP contribution in [0.5, 0.6) is 0 Å². The molecule has 0 atom stereocenters. The van der Waals surface area contributed by atoms with Crippen molar-refractivity contribution < 1.29 is 9.32 Å². The molecule has 0 saturated heterocycles. The molecule has 3 aromatic rings. The number of carbonyl (C=O) groups excluding carboxylic acids is 1. The molecule has 3 heterocycles. The Morgan fingerprint density at radius 3 is 2.45 bits per heavy atom. The normalized spacial score (nSPS) is 18.6. The van der Waals surface area contributed by atoms with Crippen molar-refractivity contribution >= 4 is 5.91 Å². The lowest BCUT2D eigenvalue weighted by atomic mass is 9.79. The highest BCUT2D eigenvalue weighted by atomic mass is 16.5. The summed E-state index contributed by atoms with van der Waals surface area (Å²) in [6.45, 7) is 8.95. The van der Waals surface area contributed by atoms with Crippen LogP contribution >= 0.6 is 0 Å². The Balaban J connectivity index is 1.40. The third-order valence-corrected chi connectivity index (χ3v) is 6.46. The van der Waals surface area contributed by atoms with Gasteiger partial charge in [0.1, 0.15) is 11.6 Å². The molecule has 1 aliphatic rings. The fraction of sp³-hybridized carbons (Fsp3) is 0.500. The smallest absolute Gasteiger partial charge is 0.273 e. The third kappa shape index (κ3) is 5.46. The average molecular weight is 448 g/mol. The highest BCUT2D eigenvalue weighted by Gasteiger charge is 2.27. The molecule has 4 rings (SSSR count). The second-order valence-corrected chi connectivity index (χ2v) is 9.61. The molecular formula is C26H33N5O2. The van der Waals surface area contributed by atoms with Crippen molar-refractivity contribution in [3.05, 3.63) is 59.8 Å². The first-order valence-corrected chi connectivity index (χ1v) is 11.9. The molecule has 1 fully saturated rings. The van der Waals surface area contributed by atoms with E-state index in [4.69, 9.17) is 9.51 Å². The average Bonchev–Trinajstić information content (AvgIpc) is 3.34. The van der Waals surface area contributed by atoms with E-state index in [1.807, 2.05) is 44.6 Å². The van der Waals surface area contributed by atoms with E-state index < -0.39 is 0 Å². The summed E-state index contributed by atoms with van der Waals surface area (Å²) in [6.07, 6.45) is 9.81. The van der Waals surface area contributed by atoms with Crippen LogP contribution in [0.4, 0.5) is 0 Å². The van der Waals surface area contributed by atoms with Gasteiger partial charge in [0.25, 0.3) is 5.91 Å². The number of rotatable bonds is 7. The minimum atomic E-state index is -0.162. The molecule has 1 aliphatic carbocycles. The molecule has 0 unspecified atom stereocenters. The van der Waals surface area contributed by atoms with E-state index in [2.05, 4.69) is 34.3 Å². The lowest BCUT2D eigenvalue weighted by Crippen LogP contribution is -2.31. The first kappa shape index (κ1) is 23.1. The highest BCUT2D eigenvalue weighted by Crippen LogP contribution is 2.39. The lowest BCUT2D eigenvalue weighted by Gasteiger charge is -2.29. The highest BCUT2D eigenvalue weighted by molar-refractivity contribution is 5.92. The molecule has 174 valence electrons. The summed E-state index contributed by atoms with van der Waals surface area (Å²) in [5, 5.41) is 6.95. The minimum absolute atomic E-state index is 0.162. The molecule has 0 spiro atoms. The van der Waals surface area contributed by atoms with Crippen LogP contribution in [0.3, 0.4) is 0 Å². The van der Waals surface area contributed by atoms with Crippen molar-refractivity contribution in [2.24, 2.45) is 5.92 Å². The van der Waals surface area contributed by atoms with E-state index in [1.165, 1.54) is 0 Å². The predicted octanol–water partition coefficient (Wildman–Crippen LogP) is 5.48. The van der Waals surface area contributed by atoms with Crippen molar-refractivity contribution in [1.82, 2.24) is 25.4 Å². The van der Waals surface area contributed by atoms with Crippen molar-refractivity contribution in [1.29, 1.82) is 0 Å². The maximum Gasteiger partial charge on any atom is 0.273 e. The lowest BCUT2D eigenvalue weighted by molar-refractivity contribution is 0.0933. The first-order valence-electron chi connectivity index (χ1n) is 11.9. The van der Waals surface area contributed by atoms with Gasteiger partial charge in [0.05, 0.1) is 5.69 Å². The monoisotopic (exact) mass is 447 g/mol.